The Labute approximate surface area is 73.6 Å². The molecular weight excluding hydrogens is 213 g/mol. The lowest BCUT2D eigenvalue weighted by molar-refractivity contribution is 1.09. The van der Waals surface area contributed by atoms with Gasteiger partial charge in [0, 0.05) is 11.0 Å². The van der Waals surface area contributed by atoms with E-state index in [1.54, 1.807) is 12.3 Å². The largest absolute Gasteiger partial charge is 0.244 e. The second kappa shape index (κ2) is 3.35. The normalized spacial score (nSPS) is 13.1. The summed E-state index contributed by atoms with van der Waals surface area (Å²) >= 11 is 9.01. The van der Waals surface area contributed by atoms with E-state index >= 15 is 0 Å². The highest BCUT2D eigenvalue weighted by molar-refractivity contribution is 9.09. The summed E-state index contributed by atoms with van der Waals surface area (Å²) in [5, 5.41) is 0.539. The topological polar surface area (TPSA) is 12.9 Å². The van der Waals surface area contributed by atoms with Gasteiger partial charge in [0.2, 0.25) is 0 Å². The van der Waals surface area contributed by atoms with Crippen molar-refractivity contribution in [3.05, 3.63) is 29.0 Å². The number of alkyl halides is 1. The molecular formula is C7H7BrClN. The predicted molar refractivity (Wildman–Crippen MR) is 46.6 cm³/mol. The minimum Gasteiger partial charge on any atom is -0.244 e. The summed E-state index contributed by atoms with van der Waals surface area (Å²) < 4.78 is 0. The van der Waals surface area contributed by atoms with E-state index in [-0.39, 0.29) is 0 Å². The molecule has 0 bridgehead atoms. The fraction of sp³-hybridized carbons (Fsp3) is 0.286. The van der Waals surface area contributed by atoms with Crippen LogP contribution in [0.15, 0.2) is 18.3 Å². The molecule has 0 radical (unpaired) electrons. The van der Waals surface area contributed by atoms with Gasteiger partial charge in [-0.1, -0.05) is 33.6 Å². The second-order valence-corrected chi connectivity index (χ2v) is 3.79. The van der Waals surface area contributed by atoms with E-state index in [9.17, 15) is 0 Å². The molecule has 0 saturated carbocycles. The van der Waals surface area contributed by atoms with Crippen LogP contribution in [0.3, 0.4) is 0 Å². The number of aromatic nitrogens is 1. The molecule has 1 atom stereocenters. The molecule has 54 valence electrons. The highest BCUT2D eigenvalue weighted by Gasteiger charge is 1.98. The zero-order valence-electron chi connectivity index (χ0n) is 5.51. The molecule has 0 spiro atoms. The van der Waals surface area contributed by atoms with Crippen molar-refractivity contribution in [2.24, 2.45) is 0 Å². The number of nitrogens with zero attached hydrogens (tertiary/aromatic N) is 1. The van der Waals surface area contributed by atoms with Crippen LogP contribution in [0.2, 0.25) is 5.15 Å². The van der Waals surface area contributed by atoms with Crippen LogP contribution >= 0.6 is 27.5 Å². The van der Waals surface area contributed by atoms with Crippen molar-refractivity contribution in [3.8, 4) is 0 Å². The van der Waals surface area contributed by atoms with Crippen molar-refractivity contribution in [2.75, 3.05) is 0 Å². The highest BCUT2D eigenvalue weighted by atomic mass is 79.9. The van der Waals surface area contributed by atoms with E-state index in [1.807, 2.05) is 13.0 Å². The van der Waals surface area contributed by atoms with Crippen LogP contribution in [-0.2, 0) is 0 Å². The van der Waals surface area contributed by atoms with E-state index in [2.05, 4.69) is 20.9 Å². The van der Waals surface area contributed by atoms with Gasteiger partial charge < -0.3 is 0 Å². The Morgan fingerprint density at radius 1 is 1.60 bits per heavy atom. The number of pyridine rings is 1. The van der Waals surface area contributed by atoms with Crippen molar-refractivity contribution in [1.29, 1.82) is 0 Å². The molecule has 0 aliphatic carbocycles. The average Bonchev–Trinajstić information content (AvgIpc) is 1.88. The monoisotopic (exact) mass is 219 g/mol. The average molecular weight is 220 g/mol. The standard InChI is InChI=1S/C7H7BrClN/c1-5(8)6-2-3-7(9)10-4-6/h2-5H,1H3/t5-/m1/s1. The van der Waals surface area contributed by atoms with Crippen LogP contribution in [0.25, 0.3) is 0 Å². The predicted octanol–water partition coefficient (Wildman–Crippen LogP) is 3.19. The summed E-state index contributed by atoms with van der Waals surface area (Å²) in [7, 11) is 0. The third-order valence-electron chi connectivity index (χ3n) is 1.21. The van der Waals surface area contributed by atoms with E-state index in [4.69, 9.17) is 11.6 Å². The molecule has 3 heteroatoms. The quantitative estimate of drug-likeness (QED) is 0.523. The molecule has 1 nitrogen and oxygen atoms in total. The molecule has 0 aromatic carbocycles. The van der Waals surface area contributed by atoms with Crippen LogP contribution in [0.4, 0.5) is 0 Å². The Balaban J connectivity index is 2.89. The van der Waals surface area contributed by atoms with Gasteiger partial charge in [0.05, 0.1) is 0 Å². The molecule has 0 saturated heterocycles. The fourth-order valence-corrected chi connectivity index (χ4v) is 1.01. The van der Waals surface area contributed by atoms with Crippen LogP contribution < -0.4 is 0 Å². The Kier molecular flexibility index (Phi) is 2.69. The lowest BCUT2D eigenvalue weighted by Gasteiger charge is -2.00. The summed E-state index contributed by atoms with van der Waals surface area (Å²) in [6.45, 7) is 2.05. The molecule has 10 heavy (non-hydrogen) atoms. The van der Waals surface area contributed by atoms with Crippen molar-refractivity contribution in [2.45, 2.75) is 11.8 Å². The number of hydrogen-bond donors (Lipinski definition) is 0. The SMILES string of the molecule is C[C@@H](Br)c1ccc(Cl)nc1. The maximum absolute atomic E-state index is 5.59. The summed E-state index contributed by atoms with van der Waals surface area (Å²) in [6.07, 6.45) is 1.77. The molecule has 0 aliphatic heterocycles. The van der Waals surface area contributed by atoms with Crippen LogP contribution in [0.1, 0.15) is 17.3 Å². The third kappa shape index (κ3) is 1.96. The van der Waals surface area contributed by atoms with Gasteiger partial charge in [0.1, 0.15) is 5.15 Å². The molecule has 1 aromatic rings. The molecule has 0 aliphatic rings. The lowest BCUT2D eigenvalue weighted by atomic mass is 10.2. The molecule has 0 unspecified atom stereocenters. The Bertz CT molecular complexity index is 207. The fourth-order valence-electron chi connectivity index (χ4n) is 0.623. The van der Waals surface area contributed by atoms with Gasteiger partial charge in [0.25, 0.3) is 0 Å². The molecule has 0 N–H and O–H groups in total. The third-order valence-corrected chi connectivity index (χ3v) is 1.96. The molecule has 1 rings (SSSR count). The second-order valence-electron chi connectivity index (χ2n) is 2.03. The van der Waals surface area contributed by atoms with Gasteiger partial charge in [-0.05, 0) is 18.6 Å². The number of hydrogen-bond acceptors (Lipinski definition) is 1. The van der Waals surface area contributed by atoms with E-state index in [0.29, 0.717) is 9.98 Å². The molecule has 0 amide bonds. The first-order valence-corrected chi connectivity index (χ1v) is 4.25. The van der Waals surface area contributed by atoms with Crippen molar-refractivity contribution in [3.63, 3.8) is 0 Å². The summed E-state index contributed by atoms with van der Waals surface area (Å²) in [5.74, 6) is 0. The number of halogens is 2. The maximum atomic E-state index is 5.59. The van der Waals surface area contributed by atoms with Gasteiger partial charge in [-0.15, -0.1) is 0 Å². The van der Waals surface area contributed by atoms with Crippen LogP contribution in [0.5, 0.6) is 0 Å². The first-order chi connectivity index (χ1) is 4.70. The summed E-state index contributed by atoms with van der Waals surface area (Å²) in [5.41, 5.74) is 1.14. The van der Waals surface area contributed by atoms with Gasteiger partial charge in [-0.2, -0.15) is 0 Å². The first kappa shape index (κ1) is 8.02. The van der Waals surface area contributed by atoms with Gasteiger partial charge in [-0.25, -0.2) is 4.98 Å². The van der Waals surface area contributed by atoms with Gasteiger partial charge in [-0.3, -0.25) is 0 Å². The van der Waals surface area contributed by atoms with Crippen LogP contribution in [-0.4, -0.2) is 4.98 Å². The molecule has 1 aromatic heterocycles. The molecule has 0 fully saturated rings. The smallest absolute Gasteiger partial charge is 0.129 e. The Hall–Kier alpha value is -0.0800. The van der Waals surface area contributed by atoms with Gasteiger partial charge >= 0.3 is 0 Å². The van der Waals surface area contributed by atoms with E-state index in [1.165, 1.54) is 0 Å². The Morgan fingerprint density at radius 3 is 2.70 bits per heavy atom. The Morgan fingerprint density at radius 2 is 2.30 bits per heavy atom. The zero-order valence-corrected chi connectivity index (χ0v) is 7.85. The van der Waals surface area contributed by atoms with Crippen molar-refractivity contribution >= 4 is 27.5 Å². The summed E-state index contributed by atoms with van der Waals surface area (Å²) in [6, 6.07) is 3.74. The minimum atomic E-state index is 0.345. The van der Waals surface area contributed by atoms with Gasteiger partial charge in [0.15, 0.2) is 0 Å². The minimum absolute atomic E-state index is 0.345. The highest BCUT2D eigenvalue weighted by Crippen LogP contribution is 2.20. The van der Waals surface area contributed by atoms with Crippen molar-refractivity contribution < 1.29 is 0 Å². The zero-order chi connectivity index (χ0) is 7.56. The van der Waals surface area contributed by atoms with E-state index in [0.717, 1.165) is 5.56 Å². The molecule has 1 heterocycles. The summed E-state index contributed by atoms with van der Waals surface area (Å²) in [4.78, 5) is 4.28. The van der Waals surface area contributed by atoms with E-state index < -0.39 is 0 Å². The lowest BCUT2D eigenvalue weighted by Crippen LogP contribution is -1.84. The first-order valence-electron chi connectivity index (χ1n) is 2.95. The maximum Gasteiger partial charge on any atom is 0.129 e. The number of rotatable bonds is 1. The van der Waals surface area contributed by atoms with Crippen LogP contribution in [0, 0.1) is 0 Å². The van der Waals surface area contributed by atoms with Crippen molar-refractivity contribution in [1.82, 2.24) is 4.98 Å².